The molecule has 21 heavy (non-hydrogen) atoms. The number of aryl methyl sites for hydroxylation is 1. The number of rotatable bonds is 2. The van der Waals surface area contributed by atoms with Gasteiger partial charge in [0.2, 0.25) is 5.82 Å². The molecule has 2 N–H and O–H groups in total. The number of nitrogens with zero attached hydrogens (tertiary/aromatic N) is 2. The molecule has 108 valence electrons. The molecular weight excluding hydrogens is 374 g/mol. The van der Waals surface area contributed by atoms with Crippen LogP contribution in [0.5, 0.6) is 0 Å². The number of hydrogen-bond acceptors (Lipinski definition) is 5. The summed E-state index contributed by atoms with van der Waals surface area (Å²) in [6, 6.07) is 5.48. The molecule has 0 spiro atoms. The highest BCUT2D eigenvalue weighted by molar-refractivity contribution is 9.10. The van der Waals surface area contributed by atoms with Crippen LogP contribution in [0.3, 0.4) is 0 Å². The molecule has 0 bridgehead atoms. The van der Waals surface area contributed by atoms with Crippen molar-refractivity contribution >= 4 is 43.9 Å². The van der Waals surface area contributed by atoms with Crippen LogP contribution in [0.1, 0.15) is 10.4 Å². The second-order valence-electron chi connectivity index (χ2n) is 4.57. The van der Waals surface area contributed by atoms with E-state index in [0.717, 1.165) is 26.0 Å². The summed E-state index contributed by atoms with van der Waals surface area (Å²) in [5.41, 5.74) is 8.75. The van der Waals surface area contributed by atoms with Gasteiger partial charge in [0, 0.05) is 14.9 Å². The van der Waals surface area contributed by atoms with Crippen molar-refractivity contribution in [1.29, 1.82) is 0 Å². The van der Waals surface area contributed by atoms with Crippen LogP contribution in [-0.2, 0) is 0 Å². The highest BCUT2D eigenvalue weighted by Gasteiger charge is 2.19. The summed E-state index contributed by atoms with van der Waals surface area (Å²) >= 11 is 10.9. The van der Waals surface area contributed by atoms with Crippen molar-refractivity contribution in [1.82, 2.24) is 10.1 Å². The van der Waals surface area contributed by atoms with Gasteiger partial charge in [0.15, 0.2) is 0 Å². The van der Waals surface area contributed by atoms with Gasteiger partial charge >= 0.3 is 0 Å². The van der Waals surface area contributed by atoms with Crippen LogP contribution in [0, 0.1) is 13.8 Å². The maximum Gasteiger partial charge on any atom is 0.261 e. The van der Waals surface area contributed by atoms with Crippen molar-refractivity contribution in [2.24, 2.45) is 0 Å². The van der Waals surface area contributed by atoms with Crippen molar-refractivity contribution in [2.75, 3.05) is 5.73 Å². The predicted molar refractivity (Wildman–Crippen MR) is 89.6 cm³/mol. The number of nitrogens with two attached hydrogens (primary N) is 1. The number of anilines is 1. The topological polar surface area (TPSA) is 64.9 Å². The number of halogens is 2. The van der Waals surface area contributed by atoms with Crippen LogP contribution >= 0.6 is 38.9 Å². The summed E-state index contributed by atoms with van der Waals surface area (Å²) in [6.07, 6.45) is 0. The van der Waals surface area contributed by atoms with Crippen molar-refractivity contribution in [3.63, 3.8) is 0 Å². The lowest BCUT2D eigenvalue weighted by molar-refractivity contribution is 0.432. The first-order chi connectivity index (χ1) is 9.97. The van der Waals surface area contributed by atoms with Crippen molar-refractivity contribution in [3.8, 4) is 22.8 Å². The number of benzene rings is 1. The molecule has 0 aliphatic heterocycles. The van der Waals surface area contributed by atoms with Gasteiger partial charge in [-0.3, -0.25) is 0 Å². The highest BCUT2D eigenvalue weighted by Crippen LogP contribution is 2.38. The fourth-order valence-electron chi connectivity index (χ4n) is 2.00. The van der Waals surface area contributed by atoms with Gasteiger partial charge in [0.05, 0.1) is 15.6 Å². The van der Waals surface area contributed by atoms with Crippen molar-refractivity contribution in [2.45, 2.75) is 13.8 Å². The number of thiophene rings is 1. The molecule has 0 unspecified atom stereocenters. The summed E-state index contributed by atoms with van der Waals surface area (Å²) < 4.78 is 6.15. The summed E-state index contributed by atoms with van der Waals surface area (Å²) in [5, 5.41) is 5.35. The first kappa shape index (κ1) is 14.6. The van der Waals surface area contributed by atoms with Gasteiger partial charge < -0.3 is 10.3 Å². The summed E-state index contributed by atoms with van der Waals surface area (Å²) in [6.45, 7) is 4.02. The molecular formula is C14H11BrClN3OS. The lowest BCUT2D eigenvalue weighted by atomic mass is 10.1. The molecule has 2 aromatic heterocycles. The predicted octanol–water partition coefficient (Wildman–Crippen LogP) is 5.08. The fraction of sp³-hybridized carbons (Fsp3) is 0.143. The van der Waals surface area contributed by atoms with Crippen LogP contribution in [0.4, 0.5) is 5.00 Å². The fourth-order valence-corrected chi connectivity index (χ4v) is 3.42. The highest BCUT2D eigenvalue weighted by atomic mass is 79.9. The van der Waals surface area contributed by atoms with Crippen LogP contribution < -0.4 is 5.73 Å². The van der Waals surface area contributed by atoms with Gasteiger partial charge in [-0.2, -0.15) is 4.98 Å². The molecule has 1 aromatic carbocycles. The quantitative estimate of drug-likeness (QED) is 0.669. The monoisotopic (exact) mass is 383 g/mol. The average Bonchev–Trinajstić information content (AvgIpc) is 2.99. The number of hydrogen-bond donors (Lipinski definition) is 1. The van der Waals surface area contributed by atoms with Gasteiger partial charge in [0.1, 0.15) is 0 Å². The number of aromatic nitrogens is 2. The Kier molecular flexibility index (Phi) is 3.77. The third kappa shape index (κ3) is 2.59. The van der Waals surface area contributed by atoms with E-state index in [1.807, 2.05) is 26.0 Å². The number of nitrogen functional groups attached to an aromatic ring is 1. The Labute approximate surface area is 139 Å². The first-order valence-corrected chi connectivity index (χ1v) is 8.11. The molecule has 7 heteroatoms. The maximum atomic E-state index is 6.03. The molecule has 0 atom stereocenters. The van der Waals surface area contributed by atoms with Gasteiger partial charge in [-0.1, -0.05) is 16.8 Å². The molecule has 0 radical (unpaired) electrons. The summed E-state index contributed by atoms with van der Waals surface area (Å²) in [5.74, 6) is 0.945. The molecule has 0 amide bonds. The molecule has 0 fully saturated rings. The van der Waals surface area contributed by atoms with E-state index in [1.54, 1.807) is 6.07 Å². The van der Waals surface area contributed by atoms with Gasteiger partial charge in [0.25, 0.3) is 5.89 Å². The minimum atomic E-state index is 0.440. The normalized spacial score (nSPS) is 11.0. The van der Waals surface area contributed by atoms with E-state index in [0.29, 0.717) is 21.7 Å². The van der Waals surface area contributed by atoms with E-state index in [2.05, 4.69) is 26.1 Å². The lowest BCUT2D eigenvalue weighted by Gasteiger charge is -1.98. The molecule has 0 aliphatic rings. The largest absolute Gasteiger partial charge is 0.390 e. The smallest absolute Gasteiger partial charge is 0.261 e. The standard InChI is InChI=1S/C14H11BrClN3OS/c1-6-7(2)21-12(17)11(6)14-18-13(19-20-14)8-3-4-10(16)9(15)5-8/h3-5H,17H2,1-2H3. The maximum absolute atomic E-state index is 6.03. The second-order valence-corrected chi connectivity index (χ2v) is 7.09. The van der Waals surface area contributed by atoms with E-state index in [4.69, 9.17) is 21.9 Å². The van der Waals surface area contributed by atoms with Gasteiger partial charge in [-0.25, -0.2) is 0 Å². The molecule has 2 heterocycles. The molecule has 0 saturated carbocycles. The molecule has 3 rings (SSSR count). The van der Waals surface area contributed by atoms with Gasteiger partial charge in [-0.05, 0) is 53.5 Å². The Bertz CT molecular complexity index is 828. The zero-order valence-electron chi connectivity index (χ0n) is 11.3. The third-order valence-electron chi connectivity index (χ3n) is 3.23. The van der Waals surface area contributed by atoms with E-state index in [-0.39, 0.29) is 0 Å². The SMILES string of the molecule is Cc1sc(N)c(-c2nc(-c3ccc(Cl)c(Br)c3)no2)c1C. The minimum Gasteiger partial charge on any atom is -0.390 e. The Balaban J connectivity index is 2.05. The second kappa shape index (κ2) is 5.44. The Morgan fingerprint density at radius 2 is 2.10 bits per heavy atom. The summed E-state index contributed by atoms with van der Waals surface area (Å²) in [4.78, 5) is 5.59. The van der Waals surface area contributed by atoms with Crippen LogP contribution in [0.15, 0.2) is 27.2 Å². The molecule has 0 aliphatic carbocycles. The Hall–Kier alpha value is -1.37. The minimum absolute atomic E-state index is 0.440. The molecule has 0 saturated heterocycles. The van der Waals surface area contributed by atoms with E-state index >= 15 is 0 Å². The van der Waals surface area contributed by atoms with E-state index < -0.39 is 0 Å². The Morgan fingerprint density at radius 3 is 2.71 bits per heavy atom. The van der Waals surface area contributed by atoms with Crippen LogP contribution in [0.25, 0.3) is 22.8 Å². The lowest BCUT2D eigenvalue weighted by Crippen LogP contribution is -1.87. The van der Waals surface area contributed by atoms with E-state index in [1.165, 1.54) is 11.3 Å². The van der Waals surface area contributed by atoms with Crippen LogP contribution in [0.2, 0.25) is 5.02 Å². The molecule has 4 nitrogen and oxygen atoms in total. The van der Waals surface area contributed by atoms with Crippen molar-refractivity contribution in [3.05, 3.63) is 38.1 Å². The zero-order valence-corrected chi connectivity index (χ0v) is 14.4. The average molecular weight is 385 g/mol. The van der Waals surface area contributed by atoms with E-state index in [9.17, 15) is 0 Å². The zero-order chi connectivity index (χ0) is 15.1. The van der Waals surface area contributed by atoms with Gasteiger partial charge in [-0.15, -0.1) is 11.3 Å². The third-order valence-corrected chi connectivity index (χ3v) is 5.48. The molecule has 3 aromatic rings. The van der Waals surface area contributed by atoms with Crippen LogP contribution in [-0.4, -0.2) is 10.1 Å². The van der Waals surface area contributed by atoms with Crippen molar-refractivity contribution < 1.29 is 4.52 Å². The Morgan fingerprint density at radius 1 is 1.33 bits per heavy atom. The first-order valence-electron chi connectivity index (χ1n) is 6.12. The summed E-state index contributed by atoms with van der Waals surface area (Å²) in [7, 11) is 0.